The van der Waals surface area contributed by atoms with Crippen LogP contribution in [-0.2, 0) is 11.3 Å². The predicted molar refractivity (Wildman–Crippen MR) is 97.6 cm³/mol. The maximum Gasteiger partial charge on any atom is 0.181 e. The van der Waals surface area contributed by atoms with Gasteiger partial charge in [0.1, 0.15) is 35.1 Å². The zero-order valence-corrected chi connectivity index (χ0v) is 15.6. The van der Waals surface area contributed by atoms with Crippen molar-refractivity contribution in [3.05, 3.63) is 41.0 Å². The molecular formula is C16H17BrN6O4. The van der Waals surface area contributed by atoms with Crippen LogP contribution < -0.4 is 5.32 Å². The number of anilines is 1. The summed E-state index contributed by atoms with van der Waals surface area (Å²) in [6.45, 7) is 0.0907. The Bertz CT molecular complexity index is 939. The molecule has 0 unspecified atom stereocenters. The molecule has 0 saturated carbocycles. The fourth-order valence-corrected chi connectivity index (χ4v) is 3.55. The number of aliphatic hydroxyl groups excluding tert-OH is 3. The molecule has 3 aromatic rings. The van der Waals surface area contributed by atoms with E-state index in [1.54, 1.807) is 12.4 Å². The Balaban J connectivity index is 1.67. The summed E-state index contributed by atoms with van der Waals surface area (Å²) in [5.74, 6) is 0.550. The molecule has 10 nitrogen and oxygen atoms in total. The van der Waals surface area contributed by atoms with E-state index < -0.39 is 31.1 Å². The van der Waals surface area contributed by atoms with E-state index in [-0.39, 0.29) is 0 Å². The molecule has 27 heavy (non-hydrogen) atoms. The van der Waals surface area contributed by atoms with Crippen molar-refractivity contribution in [1.29, 1.82) is 0 Å². The van der Waals surface area contributed by atoms with Gasteiger partial charge < -0.3 is 25.4 Å². The molecule has 4 heterocycles. The molecule has 0 aliphatic carbocycles. The van der Waals surface area contributed by atoms with Crippen LogP contribution in [0.1, 0.15) is 11.8 Å². The number of nitrogens with one attached hydrogen (secondary N) is 1. The van der Waals surface area contributed by atoms with Crippen molar-refractivity contribution in [2.24, 2.45) is 0 Å². The average molecular weight is 437 g/mol. The topological polar surface area (TPSA) is 138 Å². The lowest BCUT2D eigenvalue weighted by Crippen LogP contribution is -2.33. The van der Waals surface area contributed by atoms with E-state index in [0.717, 1.165) is 5.56 Å². The number of rotatable bonds is 5. The molecule has 142 valence electrons. The Hall–Kier alpha value is -2.18. The van der Waals surface area contributed by atoms with Crippen molar-refractivity contribution in [1.82, 2.24) is 24.7 Å². The van der Waals surface area contributed by atoms with Crippen LogP contribution in [0.4, 0.5) is 5.82 Å². The van der Waals surface area contributed by atoms with Crippen molar-refractivity contribution < 1.29 is 20.1 Å². The van der Waals surface area contributed by atoms with Crippen LogP contribution in [0, 0.1) is 0 Å². The number of hydrogen-bond donors (Lipinski definition) is 4. The molecule has 0 bridgehead atoms. The van der Waals surface area contributed by atoms with Crippen molar-refractivity contribution >= 4 is 32.8 Å². The van der Waals surface area contributed by atoms with Crippen LogP contribution in [0.3, 0.4) is 0 Å². The number of nitrogens with zero attached hydrogens (tertiary/aromatic N) is 5. The first kappa shape index (κ1) is 18.2. The zero-order valence-electron chi connectivity index (χ0n) is 14.0. The predicted octanol–water partition coefficient (Wildman–Crippen LogP) is 0.207. The summed E-state index contributed by atoms with van der Waals surface area (Å²) < 4.78 is 7.39. The van der Waals surface area contributed by atoms with E-state index in [2.05, 4.69) is 41.3 Å². The molecule has 4 rings (SSSR count). The molecule has 1 aliphatic heterocycles. The summed E-state index contributed by atoms with van der Waals surface area (Å²) in [7, 11) is 0. The first-order valence-electron chi connectivity index (χ1n) is 8.24. The highest BCUT2D eigenvalue weighted by molar-refractivity contribution is 9.10. The molecular weight excluding hydrogens is 420 g/mol. The van der Waals surface area contributed by atoms with Gasteiger partial charge in [-0.25, -0.2) is 14.6 Å². The Morgan fingerprint density at radius 2 is 2.11 bits per heavy atom. The lowest BCUT2D eigenvalue weighted by atomic mass is 10.1. The fraction of sp³-hybridized carbons (Fsp3) is 0.375. The SMILES string of the molecule is OC[C@H]1O[C@@H](n2nc(Br)c3c(NCc4cccnc4)ncnc32)[C@@H](O)[C@H]1O. The van der Waals surface area contributed by atoms with Gasteiger partial charge >= 0.3 is 0 Å². The summed E-state index contributed by atoms with van der Waals surface area (Å²) in [5, 5.41) is 37.7. The molecule has 0 aromatic carbocycles. The number of aromatic nitrogens is 5. The monoisotopic (exact) mass is 436 g/mol. The largest absolute Gasteiger partial charge is 0.394 e. The first-order chi connectivity index (χ1) is 13.1. The van der Waals surface area contributed by atoms with Gasteiger partial charge in [0.15, 0.2) is 11.9 Å². The van der Waals surface area contributed by atoms with Crippen LogP contribution in [-0.4, -0.2) is 65.0 Å². The number of hydrogen-bond acceptors (Lipinski definition) is 9. The van der Waals surface area contributed by atoms with Crippen molar-refractivity contribution in [2.75, 3.05) is 11.9 Å². The van der Waals surface area contributed by atoms with Crippen LogP contribution in [0.5, 0.6) is 0 Å². The molecule has 4 atom stereocenters. The van der Waals surface area contributed by atoms with Gasteiger partial charge in [0.2, 0.25) is 0 Å². The summed E-state index contributed by atoms with van der Waals surface area (Å²) in [6.07, 6.45) is 0.485. The lowest BCUT2D eigenvalue weighted by Gasteiger charge is -2.15. The minimum atomic E-state index is -1.25. The number of fused-ring (bicyclic) bond motifs is 1. The molecule has 4 N–H and O–H groups in total. The molecule has 0 amide bonds. The molecule has 1 aliphatic rings. The normalized spacial score (nSPS) is 25.2. The molecule has 1 fully saturated rings. The third-order valence-corrected chi connectivity index (χ3v) is 4.94. The number of pyridine rings is 1. The van der Waals surface area contributed by atoms with Gasteiger partial charge in [-0.1, -0.05) is 6.07 Å². The first-order valence-corrected chi connectivity index (χ1v) is 9.03. The van der Waals surface area contributed by atoms with Gasteiger partial charge in [-0.2, -0.15) is 5.10 Å². The van der Waals surface area contributed by atoms with Crippen molar-refractivity contribution in [2.45, 2.75) is 31.1 Å². The van der Waals surface area contributed by atoms with E-state index in [1.165, 1.54) is 11.0 Å². The second-order valence-electron chi connectivity index (χ2n) is 6.10. The minimum absolute atomic E-state index is 0.415. The van der Waals surface area contributed by atoms with Crippen molar-refractivity contribution in [3.63, 3.8) is 0 Å². The van der Waals surface area contributed by atoms with Gasteiger partial charge in [0.05, 0.1) is 12.0 Å². The molecule has 11 heteroatoms. The van der Waals surface area contributed by atoms with E-state index in [1.807, 2.05) is 12.1 Å². The second kappa shape index (κ2) is 7.44. The van der Waals surface area contributed by atoms with Crippen LogP contribution in [0.15, 0.2) is 35.5 Å². The Morgan fingerprint density at radius 3 is 2.81 bits per heavy atom. The summed E-state index contributed by atoms with van der Waals surface area (Å²) in [6, 6.07) is 3.79. The average Bonchev–Trinajstić information content (AvgIpc) is 3.18. The summed E-state index contributed by atoms with van der Waals surface area (Å²) >= 11 is 3.40. The Kier molecular flexibility index (Phi) is 5.02. The quantitative estimate of drug-likeness (QED) is 0.441. The van der Waals surface area contributed by atoms with Crippen LogP contribution in [0.2, 0.25) is 0 Å². The Morgan fingerprint density at radius 1 is 1.26 bits per heavy atom. The molecule has 0 spiro atoms. The highest BCUT2D eigenvalue weighted by Gasteiger charge is 2.44. The molecule has 1 saturated heterocycles. The highest BCUT2D eigenvalue weighted by Crippen LogP contribution is 2.35. The van der Waals surface area contributed by atoms with Gasteiger partial charge in [0, 0.05) is 18.9 Å². The highest BCUT2D eigenvalue weighted by atomic mass is 79.9. The maximum atomic E-state index is 10.3. The molecule has 0 radical (unpaired) electrons. The standard InChI is InChI=1S/C16H17BrN6O4/c17-13-10-14(19-5-8-2-1-3-18-4-8)20-7-21-15(10)23(22-13)16-12(26)11(25)9(6-24)27-16/h1-4,7,9,11-12,16,24-26H,5-6H2,(H,19,20,21)/t9-,11+,12+,16-/m1/s1. The van der Waals surface area contributed by atoms with Crippen LogP contribution >= 0.6 is 15.9 Å². The van der Waals surface area contributed by atoms with Gasteiger partial charge in [-0.3, -0.25) is 4.98 Å². The Labute approximate surface area is 162 Å². The summed E-state index contributed by atoms with van der Waals surface area (Å²) in [5.41, 5.74) is 1.40. The van der Waals surface area contributed by atoms with Crippen molar-refractivity contribution in [3.8, 4) is 0 Å². The number of aliphatic hydroxyl groups is 3. The van der Waals surface area contributed by atoms with Gasteiger partial charge in [-0.05, 0) is 27.6 Å². The number of halogens is 1. The molecule has 3 aromatic heterocycles. The van der Waals surface area contributed by atoms with Gasteiger partial charge in [-0.15, -0.1) is 0 Å². The van der Waals surface area contributed by atoms with E-state index in [9.17, 15) is 15.3 Å². The zero-order chi connectivity index (χ0) is 19.0. The van der Waals surface area contributed by atoms with E-state index >= 15 is 0 Å². The van der Waals surface area contributed by atoms with E-state index in [4.69, 9.17) is 4.74 Å². The third-order valence-electron chi connectivity index (χ3n) is 4.39. The number of ether oxygens (including phenoxy) is 1. The smallest absolute Gasteiger partial charge is 0.181 e. The van der Waals surface area contributed by atoms with Gasteiger partial charge in [0.25, 0.3) is 0 Å². The lowest BCUT2D eigenvalue weighted by molar-refractivity contribution is -0.0567. The minimum Gasteiger partial charge on any atom is -0.394 e. The van der Waals surface area contributed by atoms with Crippen LogP contribution in [0.25, 0.3) is 11.0 Å². The third kappa shape index (κ3) is 3.28. The van der Waals surface area contributed by atoms with E-state index in [0.29, 0.717) is 28.0 Å². The maximum absolute atomic E-state index is 10.3. The second-order valence-corrected chi connectivity index (χ2v) is 6.85. The fourth-order valence-electron chi connectivity index (χ4n) is 3.01. The summed E-state index contributed by atoms with van der Waals surface area (Å²) in [4.78, 5) is 12.6.